The molecule has 2 aromatic rings. The Balaban J connectivity index is 1.66. The zero-order chi connectivity index (χ0) is 17.6. The van der Waals surface area contributed by atoms with E-state index in [2.05, 4.69) is 33.7 Å². The van der Waals surface area contributed by atoms with Crippen molar-refractivity contribution in [1.29, 1.82) is 0 Å². The fraction of sp³-hybridized carbons (Fsp3) is 0.444. The van der Waals surface area contributed by atoms with E-state index in [1.807, 2.05) is 28.0 Å². The lowest BCUT2D eigenvalue weighted by Gasteiger charge is -2.35. The van der Waals surface area contributed by atoms with Crippen LogP contribution in [0.5, 0.6) is 0 Å². The number of anilines is 2. The van der Waals surface area contributed by atoms with Crippen LogP contribution in [-0.4, -0.2) is 65.0 Å². The van der Waals surface area contributed by atoms with Crippen molar-refractivity contribution in [2.45, 2.75) is 13.8 Å². The first-order chi connectivity index (χ1) is 12.2. The molecule has 132 valence electrons. The van der Waals surface area contributed by atoms with E-state index in [-0.39, 0.29) is 5.91 Å². The Bertz CT molecular complexity index is 696. The normalized spacial score (nSPS) is 14.5. The average molecular weight is 340 g/mol. The molecule has 0 unspecified atom stereocenters. The summed E-state index contributed by atoms with van der Waals surface area (Å²) in [7, 11) is 0. The van der Waals surface area contributed by atoms with E-state index in [9.17, 15) is 4.79 Å². The summed E-state index contributed by atoms with van der Waals surface area (Å²) in [5.41, 5.74) is 0.461. The molecule has 1 aliphatic rings. The van der Waals surface area contributed by atoms with Gasteiger partial charge in [0, 0.05) is 51.7 Å². The standard InChI is InChI=1S/C18H24N6O/c1-3-22(4-2)18-20-10-8-15(21-18)17(25)24-13-11-23(12-14-24)16-7-5-6-9-19-16/h5-10H,3-4,11-14H2,1-2H3. The van der Waals surface area contributed by atoms with Crippen LogP contribution in [0.3, 0.4) is 0 Å². The fourth-order valence-electron chi connectivity index (χ4n) is 2.97. The molecule has 25 heavy (non-hydrogen) atoms. The first kappa shape index (κ1) is 17.1. The van der Waals surface area contributed by atoms with E-state index in [0.29, 0.717) is 24.7 Å². The van der Waals surface area contributed by atoms with Crippen molar-refractivity contribution < 1.29 is 4.79 Å². The summed E-state index contributed by atoms with van der Waals surface area (Å²) in [6.45, 7) is 8.62. The molecule has 7 nitrogen and oxygen atoms in total. The number of carbonyl (C=O) groups is 1. The van der Waals surface area contributed by atoms with Crippen molar-refractivity contribution in [1.82, 2.24) is 19.9 Å². The second kappa shape index (κ2) is 7.92. The quantitative estimate of drug-likeness (QED) is 0.825. The van der Waals surface area contributed by atoms with E-state index in [1.54, 1.807) is 18.5 Å². The first-order valence-electron chi connectivity index (χ1n) is 8.76. The Morgan fingerprint density at radius 1 is 1.04 bits per heavy atom. The lowest BCUT2D eigenvalue weighted by molar-refractivity contribution is 0.0740. The fourth-order valence-corrected chi connectivity index (χ4v) is 2.97. The number of nitrogens with zero attached hydrogens (tertiary/aromatic N) is 6. The highest BCUT2D eigenvalue weighted by atomic mass is 16.2. The van der Waals surface area contributed by atoms with Gasteiger partial charge in [-0.15, -0.1) is 0 Å². The summed E-state index contributed by atoms with van der Waals surface area (Å²) >= 11 is 0. The third-order valence-electron chi connectivity index (χ3n) is 4.45. The number of pyridine rings is 1. The molecule has 1 aliphatic heterocycles. The van der Waals surface area contributed by atoms with E-state index in [1.165, 1.54) is 0 Å². The van der Waals surface area contributed by atoms with Crippen LogP contribution in [0.2, 0.25) is 0 Å². The molecule has 1 amide bonds. The Morgan fingerprint density at radius 2 is 1.80 bits per heavy atom. The molecule has 2 aromatic heterocycles. The van der Waals surface area contributed by atoms with Crippen LogP contribution in [-0.2, 0) is 0 Å². The number of amides is 1. The third-order valence-corrected chi connectivity index (χ3v) is 4.45. The van der Waals surface area contributed by atoms with Crippen LogP contribution < -0.4 is 9.80 Å². The molecule has 1 saturated heterocycles. The van der Waals surface area contributed by atoms with Gasteiger partial charge < -0.3 is 14.7 Å². The summed E-state index contributed by atoms with van der Waals surface area (Å²) in [6, 6.07) is 7.58. The van der Waals surface area contributed by atoms with Crippen molar-refractivity contribution in [2.24, 2.45) is 0 Å². The number of hydrogen-bond acceptors (Lipinski definition) is 6. The van der Waals surface area contributed by atoms with Crippen molar-refractivity contribution in [3.8, 4) is 0 Å². The van der Waals surface area contributed by atoms with Gasteiger partial charge in [0.25, 0.3) is 5.91 Å². The van der Waals surface area contributed by atoms with Crippen LogP contribution >= 0.6 is 0 Å². The molecule has 0 spiro atoms. The van der Waals surface area contributed by atoms with Crippen LogP contribution in [0.1, 0.15) is 24.3 Å². The number of hydrogen-bond donors (Lipinski definition) is 0. The molecule has 7 heteroatoms. The van der Waals surface area contributed by atoms with Gasteiger partial charge in [0.2, 0.25) is 5.95 Å². The Hall–Kier alpha value is -2.70. The van der Waals surface area contributed by atoms with Gasteiger partial charge in [-0.3, -0.25) is 4.79 Å². The van der Waals surface area contributed by atoms with Gasteiger partial charge >= 0.3 is 0 Å². The highest BCUT2D eigenvalue weighted by molar-refractivity contribution is 5.92. The molecule has 3 heterocycles. The van der Waals surface area contributed by atoms with Crippen LogP contribution in [0.25, 0.3) is 0 Å². The van der Waals surface area contributed by atoms with Gasteiger partial charge in [-0.25, -0.2) is 15.0 Å². The molecular weight excluding hydrogens is 316 g/mol. The predicted molar refractivity (Wildman–Crippen MR) is 97.9 cm³/mol. The van der Waals surface area contributed by atoms with Gasteiger partial charge in [-0.05, 0) is 32.0 Å². The third kappa shape index (κ3) is 3.87. The van der Waals surface area contributed by atoms with E-state index >= 15 is 0 Å². The minimum absolute atomic E-state index is 0.0310. The minimum atomic E-state index is -0.0310. The first-order valence-corrected chi connectivity index (χ1v) is 8.76. The molecule has 3 rings (SSSR count). The van der Waals surface area contributed by atoms with E-state index in [0.717, 1.165) is 32.0 Å². The second-order valence-electron chi connectivity index (χ2n) is 5.88. The van der Waals surface area contributed by atoms with Gasteiger partial charge in [-0.1, -0.05) is 6.07 Å². The number of rotatable bonds is 5. The topological polar surface area (TPSA) is 65.5 Å². The lowest BCUT2D eigenvalue weighted by Crippen LogP contribution is -2.49. The second-order valence-corrected chi connectivity index (χ2v) is 5.88. The maximum absolute atomic E-state index is 12.8. The van der Waals surface area contributed by atoms with Crippen molar-refractivity contribution in [3.05, 3.63) is 42.4 Å². The summed E-state index contributed by atoms with van der Waals surface area (Å²) in [4.78, 5) is 32.0. The Morgan fingerprint density at radius 3 is 2.44 bits per heavy atom. The highest BCUT2D eigenvalue weighted by Crippen LogP contribution is 2.15. The van der Waals surface area contributed by atoms with Crippen LogP contribution in [0.15, 0.2) is 36.7 Å². The largest absolute Gasteiger partial charge is 0.353 e. The minimum Gasteiger partial charge on any atom is -0.353 e. The summed E-state index contributed by atoms with van der Waals surface area (Å²) in [6.07, 6.45) is 3.46. The Labute approximate surface area is 148 Å². The molecule has 0 N–H and O–H groups in total. The monoisotopic (exact) mass is 340 g/mol. The molecule has 0 atom stereocenters. The van der Waals surface area contributed by atoms with Gasteiger partial charge in [-0.2, -0.15) is 0 Å². The molecule has 1 fully saturated rings. The summed E-state index contributed by atoms with van der Waals surface area (Å²) < 4.78 is 0. The average Bonchev–Trinajstić information content (AvgIpc) is 2.69. The van der Waals surface area contributed by atoms with Crippen LogP contribution in [0, 0.1) is 0 Å². The molecule has 0 bridgehead atoms. The predicted octanol–water partition coefficient (Wildman–Crippen LogP) is 1.68. The zero-order valence-corrected chi connectivity index (χ0v) is 14.8. The molecule has 0 saturated carbocycles. The van der Waals surface area contributed by atoms with Crippen LogP contribution in [0.4, 0.5) is 11.8 Å². The van der Waals surface area contributed by atoms with Crippen molar-refractivity contribution >= 4 is 17.7 Å². The molecule has 0 aliphatic carbocycles. The Kier molecular flexibility index (Phi) is 5.42. The smallest absolute Gasteiger partial charge is 0.272 e. The number of aromatic nitrogens is 3. The van der Waals surface area contributed by atoms with Crippen molar-refractivity contribution in [3.63, 3.8) is 0 Å². The van der Waals surface area contributed by atoms with Gasteiger partial charge in [0.15, 0.2) is 0 Å². The SMILES string of the molecule is CCN(CC)c1nccc(C(=O)N2CCN(c3ccccn3)CC2)n1. The van der Waals surface area contributed by atoms with Gasteiger partial charge in [0.05, 0.1) is 0 Å². The maximum atomic E-state index is 12.8. The molecular formula is C18H24N6O. The highest BCUT2D eigenvalue weighted by Gasteiger charge is 2.24. The summed E-state index contributed by atoms with van der Waals surface area (Å²) in [5.74, 6) is 1.54. The van der Waals surface area contributed by atoms with Crippen molar-refractivity contribution in [2.75, 3.05) is 49.1 Å². The lowest BCUT2D eigenvalue weighted by atomic mass is 10.2. The number of carbonyl (C=O) groups excluding carboxylic acids is 1. The zero-order valence-electron chi connectivity index (χ0n) is 14.8. The van der Waals surface area contributed by atoms with Gasteiger partial charge in [0.1, 0.15) is 11.5 Å². The van der Waals surface area contributed by atoms with E-state index < -0.39 is 0 Å². The van der Waals surface area contributed by atoms with E-state index in [4.69, 9.17) is 0 Å². The molecule has 0 aromatic carbocycles. The summed E-state index contributed by atoms with van der Waals surface area (Å²) in [5, 5.41) is 0. The maximum Gasteiger partial charge on any atom is 0.272 e. The number of piperazine rings is 1. The molecule has 0 radical (unpaired) electrons.